The molecule has 0 heterocycles. The first kappa shape index (κ1) is 13.4. The second kappa shape index (κ2) is 7.41. The first-order valence-corrected chi connectivity index (χ1v) is 6.79. The Morgan fingerprint density at radius 3 is 2.11 bits per heavy atom. The van der Waals surface area contributed by atoms with Crippen LogP contribution in [0.2, 0.25) is 0 Å². The lowest BCUT2D eigenvalue weighted by Gasteiger charge is -1.94. The van der Waals surface area contributed by atoms with Crippen molar-refractivity contribution < 1.29 is 0 Å². The molecule has 0 nitrogen and oxygen atoms in total. The van der Waals surface area contributed by atoms with Crippen LogP contribution in [0, 0.1) is 11.8 Å². The smallest absolute Gasteiger partial charge is 0.0247 e. The zero-order chi connectivity index (χ0) is 13.3. The predicted octanol–water partition coefficient (Wildman–Crippen LogP) is 5.18. The third-order valence-electron chi connectivity index (χ3n) is 2.49. The van der Waals surface area contributed by atoms with Crippen molar-refractivity contribution in [2.24, 2.45) is 0 Å². The van der Waals surface area contributed by atoms with E-state index in [1.807, 2.05) is 66.8 Å². The van der Waals surface area contributed by atoms with Crippen LogP contribution in [0.25, 0.3) is 12.2 Å². The van der Waals surface area contributed by atoms with Crippen LogP contribution in [0.5, 0.6) is 0 Å². The maximum atomic E-state index is 3.50. The summed E-state index contributed by atoms with van der Waals surface area (Å²) in [6.45, 7) is 0. The Balaban J connectivity index is 1.95. The van der Waals surface area contributed by atoms with Crippen LogP contribution >= 0.6 is 15.9 Å². The number of allylic oxidation sites excluding steroid dienone is 2. The lowest BCUT2D eigenvalue weighted by molar-refractivity contribution is 1.60. The lowest BCUT2D eigenvalue weighted by atomic mass is 10.2. The van der Waals surface area contributed by atoms with Gasteiger partial charge in [0.25, 0.3) is 0 Å². The van der Waals surface area contributed by atoms with Gasteiger partial charge in [0.05, 0.1) is 0 Å². The van der Waals surface area contributed by atoms with Gasteiger partial charge in [-0.1, -0.05) is 76.3 Å². The van der Waals surface area contributed by atoms with E-state index in [1.54, 1.807) is 0 Å². The summed E-state index contributed by atoms with van der Waals surface area (Å²) in [6.07, 6.45) is 7.71. The minimum Gasteiger partial charge on any atom is -0.0702 e. The van der Waals surface area contributed by atoms with E-state index in [1.165, 1.54) is 0 Å². The molecule has 0 N–H and O–H groups in total. The van der Waals surface area contributed by atoms with E-state index < -0.39 is 0 Å². The summed E-state index contributed by atoms with van der Waals surface area (Å²) in [5, 5.41) is 0. The van der Waals surface area contributed by atoms with Crippen LogP contribution in [-0.4, -0.2) is 0 Å². The van der Waals surface area contributed by atoms with Crippen LogP contribution in [0.4, 0.5) is 0 Å². The third-order valence-corrected chi connectivity index (χ3v) is 3.22. The highest BCUT2D eigenvalue weighted by atomic mass is 79.9. The molecule has 0 aliphatic carbocycles. The molecule has 0 aromatic heterocycles. The van der Waals surface area contributed by atoms with E-state index in [-0.39, 0.29) is 0 Å². The van der Waals surface area contributed by atoms with Crippen molar-refractivity contribution in [1.82, 2.24) is 0 Å². The second-order valence-corrected chi connectivity index (χ2v) is 4.74. The van der Waals surface area contributed by atoms with Gasteiger partial charge < -0.3 is 0 Å². The lowest BCUT2D eigenvalue weighted by Crippen LogP contribution is -1.72. The van der Waals surface area contributed by atoms with Crippen LogP contribution in [0.15, 0.2) is 71.2 Å². The first-order chi connectivity index (χ1) is 9.36. The summed E-state index contributed by atoms with van der Waals surface area (Å²) in [5.74, 6) is 5.98. The van der Waals surface area contributed by atoms with Crippen LogP contribution in [-0.2, 0) is 0 Å². The van der Waals surface area contributed by atoms with Crippen molar-refractivity contribution in [3.05, 3.63) is 82.3 Å². The van der Waals surface area contributed by atoms with Gasteiger partial charge >= 0.3 is 0 Å². The number of halogens is 1. The molecule has 1 heteroatoms. The molecule has 0 amide bonds. The van der Waals surface area contributed by atoms with E-state index in [9.17, 15) is 0 Å². The summed E-state index contributed by atoms with van der Waals surface area (Å²) in [5.41, 5.74) is 2.29. The molecular formula is C18H13Br. The van der Waals surface area contributed by atoms with Crippen molar-refractivity contribution in [3.63, 3.8) is 0 Å². The molecule has 19 heavy (non-hydrogen) atoms. The van der Waals surface area contributed by atoms with Crippen LogP contribution in [0.3, 0.4) is 0 Å². The largest absolute Gasteiger partial charge is 0.0702 e. The number of hydrogen-bond donors (Lipinski definition) is 0. The molecule has 2 aromatic carbocycles. The van der Waals surface area contributed by atoms with Gasteiger partial charge in [0.1, 0.15) is 0 Å². The Bertz CT molecular complexity index is 640. The molecule has 2 rings (SSSR count). The molecule has 0 saturated carbocycles. The average molecular weight is 309 g/mol. The van der Waals surface area contributed by atoms with Gasteiger partial charge in [0.15, 0.2) is 0 Å². The fourth-order valence-corrected chi connectivity index (χ4v) is 1.96. The fourth-order valence-electron chi connectivity index (χ4n) is 1.54. The third kappa shape index (κ3) is 4.62. The van der Waals surface area contributed by atoms with Crippen molar-refractivity contribution in [2.75, 3.05) is 0 Å². The summed E-state index contributed by atoms with van der Waals surface area (Å²) in [6, 6.07) is 18.2. The van der Waals surface area contributed by atoms with Gasteiger partial charge in [-0.25, -0.2) is 0 Å². The van der Waals surface area contributed by atoms with E-state index in [0.29, 0.717) is 0 Å². The zero-order valence-electron chi connectivity index (χ0n) is 10.4. The molecular weight excluding hydrogens is 296 g/mol. The van der Waals surface area contributed by atoms with Crippen molar-refractivity contribution in [1.29, 1.82) is 0 Å². The molecule has 0 saturated heterocycles. The number of hydrogen-bond acceptors (Lipinski definition) is 0. The van der Waals surface area contributed by atoms with Gasteiger partial charge in [-0.05, 0) is 41.5 Å². The number of rotatable bonds is 2. The topological polar surface area (TPSA) is 0 Å². The normalized spacial score (nSPS) is 10.6. The van der Waals surface area contributed by atoms with Gasteiger partial charge in [-0.3, -0.25) is 0 Å². The van der Waals surface area contributed by atoms with Gasteiger partial charge in [0.2, 0.25) is 0 Å². The van der Waals surface area contributed by atoms with Gasteiger partial charge in [-0.15, -0.1) is 0 Å². The summed E-state index contributed by atoms with van der Waals surface area (Å²) in [4.78, 5) is 0. The molecule has 0 aliphatic heterocycles. The van der Waals surface area contributed by atoms with Crippen molar-refractivity contribution >= 4 is 28.1 Å². The molecule has 0 fully saturated rings. The summed E-state index contributed by atoms with van der Waals surface area (Å²) < 4.78 is 1.08. The molecule has 0 radical (unpaired) electrons. The Kier molecular flexibility index (Phi) is 5.22. The minimum atomic E-state index is 1.08. The van der Waals surface area contributed by atoms with Crippen molar-refractivity contribution in [3.8, 4) is 11.8 Å². The number of benzene rings is 2. The highest BCUT2D eigenvalue weighted by Crippen LogP contribution is 2.16. The van der Waals surface area contributed by atoms with E-state index in [2.05, 4.69) is 39.9 Å². The SMILES string of the molecule is Brc1ccccc1C=CC#CC=Cc1ccccc1. The van der Waals surface area contributed by atoms with Crippen molar-refractivity contribution in [2.45, 2.75) is 0 Å². The molecule has 0 unspecified atom stereocenters. The monoisotopic (exact) mass is 308 g/mol. The highest BCUT2D eigenvalue weighted by molar-refractivity contribution is 9.10. The van der Waals surface area contributed by atoms with Crippen LogP contribution in [0.1, 0.15) is 11.1 Å². The Morgan fingerprint density at radius 2 is 1.37 bits per heavy atom. The maximum absolute atomic E-state index is 3.50. The standard InChI is InChI=1S/C18H13Br/c19-18-15-9-8-14-17(18)13-7-2-1-4-10-16-11-5-3-6-12-16/h3-15H. The van der Waals surface area contributed by atoms with Crippen LogP contribution < -0.4 is 0 Å². The Labute approximate surface area is 122 Å². The molecule has 0 aliphatic rings. The molecule has 0 atom stereocenters. The summed E-state index contributed by atoms with van der Waals surface area (Å²) >= 11 is 3.50. The minimum absolute atomic E-state index is 1.08. The molecule has 92 valence electrons. The molecule has 0 bridgehead atoms. The fraction of sp³-hybridized carbons (Fsp3) is 0. The maximum Gasteiger partial charge on any atom is 0.0247 e. The summed E-state index contributed by atoms with van der Waals surface area (Å²) in [7, 11) is 0. The van der Waals surface area contributed by atoms with E-state index in [0.717, 1.165) is 15.6 Å². The zero-order valence-corrected chi connectivity index (χ0v) is 12.0. The highest BCUT2D eigenvalue weighted by Gasteiger charge is 1.90. The van der Waals surface area contributed by atoms with Gasteiger partial charge in [0, 0.05) is 4.47 Å². The second-order valence-electron chi connectivity index (χ2n) is 3.89. The predicted molar refractivity (Wildman–Crippen MR) is 86.4 cm³/mol. The van der Waals surface area contributed by atoms with Gasteiger partial charge in [-0.2, -0.15) is 0 Å². The van der Waals surface area contributed by atoms with E-state index >= 15 is 0 Å². The first-order valence-electron chi connectivity index (χ1n) is 6.00. The Morgan fingerprint density at radius 1 is 0.737 bits per heavy atom. The molecule has 2 aromatic rings. The average Bonchev–Trinajstić information content (AvgIpc) is 2.45. The van der Waals surface area contributed by atoms with E-state index in [4.69, 9.17) is 0 Å². The molecule has 0 spiro atoms. The Hall–Kier alpha value is -2.04. The quantitative estimate of drug-likeness (QED) is 0.671.